The molecule has 32 heavy (non-hydrogen) atoms. The molecule has 2 heterocycles. The molecule has 0 bridgehead atoms. The lowest BCUT2D eigenvalue weighted by Gasteiger charge is -2.24. The Bertz CT molecular complexity index is 1190. The third-order valence-corrected chi connectivity index (χ3v) is 5.43. The summed E-state index contributed by atoms with van der Waals surface area (Å²) >= 11 is 6.24. The van der Waals surface area contributed by atoms with E-state index in [4.69, 9.17) is 20.8 Å². The molecule has 1 aromatic heterocycles. The van der Waals surface area contributed by atoms with Gasteiger partial charge < -0.3 is 19.2 Å². The Labute approximate surface area is 188 Å². The Morgan fingerprint density at radius 1 is 1.19 bits per heavy atom. The fourth-order valence-electron chi connectivity index (χ4n) is 3.68. The van der Waals surface area contributed by atoms with Gasteiger partial charge in [0.15, 0.2) is 0 Å². The van der Waals surface area contributed by atoms with E-state index in [9.17, 15) is 19.1 Å². The van der Waals surface area contributed by atoms with Crippen molar-refractivity contribution in [2.75, 3.05) is 6.61 Å². The number of ether oxygens (including phenoxy) is 1. The maximum atomic E-state index is 13.5. The average Bonchev–Trinajstić information content (AvgIpc) is 3.38. The first kappa shape index (κ1) is 21.6. The molecule has 164 valence electrons. The van der Waals surface area contributed by atoms with Crippen LogP contribution < -0.4 is 4.74 Å². The zero-order valence-corrected chi connectivity index (χ0v) is 17.8. The van der Waals surface area contributed by atoms with Crippen LogP contribution in [0, 0.1) is 5.82 Å². The predicted molar refractivity (Wildman–Crippen MR) is 116 cm³/mol. The zero-order chi connectivity index (χ0) is 22.8. The van der Waals surface area contributed by atoms with E-state index in [-0.39, 0.29) is 28.5 Å². The van der Waals surface area contributed by atoms with Crippen LogP contribution in [0.2, 0.25) is 5.02 Å². The Balaban J connectivity index is 1.84. The van der Waals surface area contributed by atoms with Crippen molar-refractivity contribution in [1.82, 2.24) is 4.90 Å². The van der Waals surface area contributed by atoms with Crippen LogP contribution >= 0.6 is 11.6 Å². The van der Waals surface area contributed by atoms with Gasteiger partial charge in [-0.05, 0) is 55.0 Å². The third-order valence-electron chi connectivity index (χ3n) is 5.14. The van der Waals surface area contributed by atoms with Crippen molar-refractivity contribution < 1.29 is 28.2 Å². The number of benzene rings is 2. The molecule has 1 aliphatic heterocycles. The average molecular weight is 456 g/mol. The van der Waals surface area contributed by atoms with E-state index in [0.29, 0.717) is 23.7 Å². The summed E-state index contributed by atoms with van der Waals surface area (Å²) in [5, 5.41) is 11.3. The third kappa shape index (κ3) is 3.99. The summed E-state index contributed by atoms with van der Waals surface area (Å²) in [6.07, 6.45) is 1.46. The molecule has 0 spiro atoms. The van der Waals surface area contributed by atoms with Crippen molar-refractivity contribution in [3.63, 3.8) is 0 Å². The Kier molecular flexibility index (Phi) is 6.01. The van der Waals surface area contributed by atoms with Crippen LogP contribution in [0.1, 0.15) is 29.9 Å². The highest BCUT2D eigenvalue weighted by atomic mass is 35.5. The number of carbonyl (C=O) groups excluding carboxylic acids is 2. The van der Waals surface area contributed by atoms with Crippen molar-refractivity contribution in [3.8, 4) is 5.75 Å². The van der Waals surface area contributed by atoms with E-state index in [2.05, 4.69) is 0 Å². The van der Waals surface area contributed by atoms with Gasteiger partial charge in [0.25, 0.3) is 11.7 Å². The minimum atomic E-state index is -0.939. The summed E-state index contributed by atoms with van der Waals surface area (Å²) < 4.78 is 24.3. The lowest BCUT2D eigenvalue weighted by atomic mass is 9.95. The van der Waals surface area contributed by atoms with Crippen LogP contribution in [0.15, 0.2) is 70.9 Å². The fourth-order valence-corrected chi connectivity index (χ4v) is 3.92. The minimum absolute atomic E-state index is 0.000427. The topological polar surface area (TPSA) is 80.0 Å². The van der Waals surface area contributed by atoms with Crippen molar-refractivity contribution in [1.29, 1.82) is 0 Å². The van der Waals surface area contributed by atoms with Crippen molar-refractivity contribution in [2.45, 2.75) is 19.5 Å². The summed E-state index contributed by atoms with van der Waals surface area (Å²) in [6, 6.07) is 12.4. The van der Waals surface area contributed by atoms with E-state index in [1.54, 1.807) is 24.3 Å². The van der Waals surface area contributed by atoms with Gasteiger partial charge in [-0.15, -0.1) is 0 Å². The first-order valence-electron chi connectivity index (χ1n) is 9.89. The number of nitrogens with zero attached hydrogens (tertiary/aromatic N) is 1. The second kappa shape index (κ2) is 8.88. The number of halogens is 2. The maximum Gasteiger partial charge on any atom is 0.296 e. The molecular weight excluding hydrogens is 437 g/mol. The highest BCUT2D eigenvalue weighted by Crippen LogP contribution is 2.41. The molecule has 1 N–H and O–H groups in total. The van der Waals surface area contributed by atoms with E-state index in [0.717, 1.165) is 0 Å². The van der Waals surface area contributed by atoms with Crippen LogP contribution in [0.5, 0.6) is 5.75 Å². The largest absolute Gasteiger partial charge is 0.507 e. The lowest BCUT2D eigenvalue weighted by Crippen LogP contribution is -2.29. The number of carbonyl (C=O) groups is 2. The van der Waals surface area contributed by atoms with Crippen molar-refractivity contribution in [3.05, 3.63) is 94.2 Å². The number of rotatable bonds is 6. The lowest BCUT2D eigenvalue weighted by molar-refractivity contribution is -0.140. The molecule has 6 nitrogen and oxygen atoms in total. The van der Waals surface area contributed by atoms with Gasteiger partial charge in [-0.2, -0.15) is 0 Å². The molecule has 1 fully saturated rings. The van der Waals surface area contributed by atoms with Gasteiger partial charge in [-0.3, -0.25) is 9.59 Å². The smallest absolute Gasteiger partial charge is 0.296 e. The SMILES string of the molecule is CCOc1ccc(C(O)=C2C(=O)C(=O)N(Cc3ccco3)[C@@H]2c2ccc(F)cc2)cc1Cl. The normalized spacial score (nSPS) is 17.7. The van der Waals surface area contributed by atoms with E-state index < -0.39 is 23.5 Å². The summed E-state index contributed by atoms with van der Waals surface area (Å²) in [5.41, 5.74) is 0.602. The van der Waals surface area contributed by atoms with Crippen LogP contribution in [0.3, 0.4) is 0 Å². The molecule has 0 unspecified atom stereocenters. The molecule has 2 aromatic carbocycles. The highest BCUT2D eigenvalue weighted by molar-refractivity contribution is 6.46. The van der Waals surface area contributed by atoms with Gasteiger partial charge in [-0.25, -0.2) is 4.39 Å². The Hall–Kier alpha value is -3.58. The summed E-state index contributed by atoms with van der Waals surface area (Å²) in [6.45, 7) is 2.22. The maximum absolute atomic E-state index is 13.5. The number of furan rings is 1. The first-order chi connectivity index (χ1) is 15.4. The van der Waals surface area contributed by atoms with Crippen LogP contribution in [0.4, 0.5) is 4.39 Å². The first-order valence-corrected chi connectivity index (χ1v) is 10.3. The number of hydrogen-bond acceptors (Lipinski definition) is 5. The number of Topliss-reactive ketones (excluding diaryl/α,β-unsaturated/α-hetero) is 1. The standard InChI is InChI=1S/C24H19ClFNO5/c1-2-31-19-10-7-15(12-18(19)25)22(28)20-21(14-5-8-16(26)9-6-14)27(24(30)23(20)29)13-17-4-3-11-32-17/h3-12,21,28H,2,13H2,1H3/t21-/m1/s1. The highest BCUT2D eigenvalue weighted by Gasteiger charge is 2.46. The molecule has 4 rings (SSSR count). The van der Waals surface area contributed by atoms with Crippen molar-refractivity contribution in [2.24, 2.45) is 0 Å². The molecule has 1 aliphatic rings. The van der Waals surface area contributed by atoms with E-state index in [1.807, 2.05) is 6.92 Å². The van der Waals surface area contributed by atoms with Gasteiger partial charge >= 0.3 is 0 Å². The number of aliphatic hydroxyl groups is 1. The summed E-state index contributed by atoms with van der Waals surface area (Å²) in [5.74, 6) is -1.61. The van der Waals surface area contributed by atoms with Gasteiger partial charge in [0.2, 0.25) is 0 Å². The molecule has 0 saturated carbocycles. The molecule has 1 saturated heterocycles. The Morgan fingerprint density at radius 2 is 1.94 bits per heavy atom. The van der Waals surface area contributed by atoms with Crippen molar-refractivity contribution >= 4 is 29.1 Å². The number of ketones is 1. The van der Waals surface area contributed by atoms with Gasteiger partial charge in [0, 0.05) is 5.56 Å². The predicted octanol–water partition coefficient (Wildman–Crippen LogP) is 5.09. The summed E-state index contributed by atoms with van der Waals surface area (Å²) in [4.78, 5) is 27.2. The molecular formula is C24H19ClFNO5. The number of hydrogen-bond donors (Lipinski definition) is 1. The molecule has 3 aromatic rings. The number of likely N-dealkylation sites (tertiary alicyclic amines) is 1. The molecule has 0 radical (unpaired) electrons. The monoisotopic (exact) mass is 455 g/mol. The minimum Gasteiger partial charge on any atom is -0.507 e. The van der Waals surface area contributed by atoms with Crippen LogP contribution in [-0.4, -0.2) is 28.3 Å². The van der Waals surface area contributed by atoms with Gasteiger partial charge in [-0.1, -0.05) is 23.7 Å². The van der Waals surface area contributed by atoms with Crippen LogP contribution in [-0.2, 0) is 16.1 Å². The second-order valence-corrected chi connectivity index (χ2v) is 7.54. The van der Waals surface area contributed by atoms with Gasteiger partial charge in [0.05, 0.1) is 36.1 Å². The fraction of sp³-hybridized carbons (Fsp3) is 0.167. The zero-order valence-electron chi connectivity index (χ0n) is 17.0. The quantitative estimate of drug-likeness (QED) is 0.318. The number of amides is 1. The molecule has 1 atom stereocenters. The van der Waals surface area contributed by atoms with Gasteiger partial charge in [0.1, 0.15) is 23.1 Å². The van der Waals surface area contributed by atoms with Crippen LogP contribution in [0.25, 0.3) is 5.76 Å². The van der Waals surface area contributed by atoms with E-state index >= 15 is 0 Å². The molecule has 0 aliphatic carbocycles. The number of aliphatic hydroxyl groups excluding tert-OH is 1. The molecule has 8 heteroatoms. The molecule has 1 amide bonds. The van der Waals surface area contributed by atoms with E-state index in [1.165, 1.54) is 41.5 Å². The summed E-state index contributed by atoms with van der Waals surface area (Å²) in [7, 11) is 0. The Morgan fingerprint density at radius 3 is 2.56 bits per heavy atom. The second-order valence-electron chi connectivity index (χ2n) is 7.14.